The molecule has 0 bridgehead atoms. The molecule has 0 heterocycles. The Morgan fingerprint density at radius 1 is 1.36 bits per heavy atom. The Labute approximate surface area is 74.6 Å². The van der Waals surface area contributed by atoms with Gasteiger partial charge >= 0.3 is 0 Å². The van der Waals surface area contributed by atoms with E-state index in [1.165, 1.54) is 0 Å². The number of hydrogen-bond donors (Lipinski definition) is 0. The maximum absolute atomic E-state index is 12.9. The zero-order chi connectivity index (χ0) is 8.27. The van der Waals surface area contributed by atoms with Gasteiger partial charge in [-0.3, -0.25) is 0 Å². The molecule has 0 spiro atoms. The molecule has 0 amide bonds. The zero-order valence-corrected chi connectivity index (χ0v) is 7.94. The van der Waals surface area contributed by atoms with Gasteiger partial charge in [0.15, 0.2) is 0 Å². The van der Waals surface area contributed by atoms with Gasteiger partial charge in [0.05, 0.1) is 0 Å². The lowest BCUT2D eigenvalue weighted by Crippen LogP contribution is -1.91. The number of aryl methyl sites for hydroxylation is 1. The second kappa shape index (κ2) is 3.86. The van der Waals surface area contributed by atoms with Crippen molar-refractivity contribution in [3.63, 3.8) is 0 Å². The molecule has 0 aliphatic carbocycles. The number of halogens is 2. The van der Waals surface area contributed by atoms with Crippen LogP contribution < -0.4 is 0 Å². The van der Waals surface area contributed by atoms with Crippen molar-refractivity contribution in [3.05, 3.63) is 35.4 Å². The molecule has 11 heavy (non-hydrogen) atoms. The third kappa shape index (κ3) is 2.29. The van der Waals surface area contributed by atoms with Crippen molar-refractivity contribution in [1.82, 2.24) is 0 Å². The summed E-state index contributed by atoms with van der Waals surface area (Å²) in [4.78, 5) is 0. The van der Waals surface area contributed by atoms with Crippen LogP contribution in [0.1, 0.15) is 17.3 Å². The first-order chi connectivity index (χ1) is 5.24. The van der Waals surface area contributed by atoms with Crippen molar-refractivity contribution in [2.45, 2.75) is 13.1 Å². The molecule has 1 atom stereocenters. The maximum Gasteiger partial charge on any atom is 0.135 e. The second-order valence-electron chi connectivity index (χ2n) is 2.53. The normalized spacial score (nSPS) is 13.0. The Morgan fingerprint density at radius 2 is 1.91 bits per heavy atom. The summed E-state index contributed by atoms with van der Waals surface area (Å²) in [5.41, 5.74) is 1.91. The first-order valence-corrected chi connectivity index (χ1v) is 4.63. The molecule has 1 aromatic carbocycles. The van der Waals surface area contributed by atoms with Gasteiger partial charge in [-0.25, -0.2) is 4.39 Å². The maximum atomic E-state index is 12.9. The van der Waals surface area contributed by atoms with E-state index in [4.69, 9.17) is 0 Å². The quantitative estimate of drug-likeness (QED) is 0.666. The van der Waals surface area contributed by atoms with Gasteiger partial charge in [-0.2, -0.15) is 0 Å². The van der Waals surface area contributed by atoms with E-state index in [1.54, 1.807) is 0 Å². The molecule has 0 saturated heterocycles. The molecule has 0 nitrogen and oxygen atoms in total. The standard InChI is InChI=1S/C9H10BrF/c1-7-2-4-8(5-3-7)9(11)6-10/h2-5,9H,6H2,1H3. The Balaban J connectivity index is 2.81. The predicted octanol–water partition coefficient (Wildman–Crippen LogP) is 3.40. The van der Waals surface area contributed by atoms with Crippen molar-refractivity contribution in [1.29, 1.82) is 0 Å². The zero-order valence-electron chi connectivity index (χ0n) is 6.35. The Hall–Kier alpha value is -0.370. The number of alkyl halides is 2. The molecule has 0 radical (unpaired) electrons. The average Bonchev–Trinajstić information content (AvgIpc) is 2.05. The van der Waals surface area contributed by atoms with Gasteiger partial charge in [-0.15, -0.1) is 0 Å². The van der Waals surface area contributed by atoms with Crippen molar-refractivity contribution in [2.75, 3.05) is 5.33 Å². The summed E-state index contributed by atoms with van der Waals surface area (Å²) in [7, 11) is 0. The highest BCUT2D eigenvalue weighted by Gasteiger charge is 2.05. The molecule has 1 rings (SSSR count). The summed E-state index contributed by atoms with van der Waals surface area (Å²) in [5, 5.41) is 0.371. The van der Waals surface area contributed by atoms with Crippen LogP contribution in [0.4, 0.5) is 4.39 Å². The van der Waals surface area contributed by atoms with E-state index in [1.807, 2.05) is 31.2 Å². The fourth-order valence-electron chi connectivity index (χ4n) is 0.864. The summed E-state index contributed by atoms with van der Waals surface area (Å²) in [6.07, 6.45) is -0.879. The second-order valence-corrected chi connectivity index (χ2v) is 3.18. The molecular weight excluding hydrogens is 207 g/mol. The van der Waals surface area contributed by atoms with Crippen LogP contribution >= 0.6 is 15.9 Å². The summed E-state index contributed by atoms with van der Waals surface area (Å²) in [6.45, 7) is 1.99. The minimum absolute atomic E-state index is 0.371. The topological polar surface area (TPSA) is 0 Å². The lowest BCUT2D eigenvalue weighted by molar-refractivity contribution is 0.382. The van der Waals surface area contributed by atoms with Gasteiger partial charge in [0, 0.05) is 5.33 Å². The van der Waals surface area contributed by atoms with E-state index in [0.29, 0.717) is 5.33 Å². The molecule has 2 heteroatoms. The third-order valence-corrected chi connectivity index (χ3v) is 2.14. The highest BCUT2D eigenvalue weighted by molar-refractivity contribution is 9.09. The number of benzene rings is 1. The molecule has 0 fully saturated rings. The minimum Gasteiger partial charge on any atom is -0.241 e. The fourth-order valence-corrected chi connectivity index (χ4v) is 1.24. The van der Waals surface area contributed by atoms with Crippen molar-refractivity contribution < 1.29 is 4.39 Å². The van der Waals surface area contributed by atoms with Gasteiger partial charge < -0.3 is 0 Å². The van der Waals surface area contributed by atoms with Crippen LogP contribution in [0.3, 0.4) is 0 Å². The Kier molecular flexibility index (Phi) is 3.06. The molecule has 0 aliphatic rings. The summed E-state index contributed by atoms with van der Waals surface area (Å²) in [5.74, 6) is 0. The average molecular weight is 217 g/mol. The first-order valence-electron chi connectivity index (χ1n) is 3.50. The van der Waals surface area contributed by atoms with Gasteiger partial charge in [0.1, 0.15) is 6.17 Å². The van der Waals surface area contributed by atoms with Crippen LogP contribution in [0, 0.1) is 6.92 Å². The monoisotopic (exact) mass is 216 g/mol. The molecule has 0 saturated carbocycles. The minimum atomic E-state index is -0.879. The van der Waals surface area contributed by atoms with Crippen LogP contribution in [-0.2, 0) is 0 Å². The van der Waals surface area contributed by atoms with Gasteiger partial charge in [-0.05, 0) is 12.5 Å². The van der Waals surface area contributed by atoms with Gasteiger partial charge in [-0.1, -0.05) is 45.8 Å². The number of hydrogen-bond acceptors (Lipinski definition) is 0. The lowest BCUT2D eigenvalue weighted by Gasteiger charge is -2.03. The molecule has 1 unspecified atom stereocenters. The van der Waals surface area contributed by atoms with Crippen LogP contribution in [0.5, 0.6) is 0 Å². The fraction of sp³-hybridized carbons (Fsp3) is 0.333. The van der Waals surface area contributed by atoms with Crippen molar-refractivity contribution >= 4 is 15.9 Å². The van der Waals surface area contributed by atoms with E-state index >= 15 is 0 Å². The van der Waals surface area contributed by atoms with E-state index < -0.39 is 6.17 Å². The van der Waals surface area contributed by atoms with Crippen molar-refractivity contribution in [2.24, 2.45) is 0 Å². The lowest BCUT2D eigenvalue weighted by atomic mass is 10.1. The van der Waals surface area contributed by atoms with Crippen LogP contribution in [0.25, 0.3) is 0 Å². The largest absolute Gasteiger partial charge is 0.241 e. The smallest absolute Gasteiger partial charge is 0.135 e. The Morgan fingerprint density at radius 3 is 2.36 bits per heavy atom. The molecular formula is C9H10BrF. The predicted molar refractivity (Wildman–Crippen MR) is 48.8 cm³/mol. The summed E-state index contributed by atoms with van der Waals surface area (Å²) >= 11 is 3.09. The van der Waals surface area contributed by atoms with Crippen LogP contribution in [0.15, 0.2) is 24.3 Å². The molecule has 0 N–H and O–H groups in total. The third-order valence-electron chi connectivity index (χ3n) is 1.57. The van der Waals surface area contributed by atoms with E-state index in [-0.39, 0.29) is 0 Å². The molecule has 0 aliphatic heterocycles. The Bertz CT molecular complexity index is 218. The SMILES string of the molecule is Cc1ccc(C(F)CBr)cc1. The first kappa shape index (κ1) is 8.72. The summed E-state index contributed by atoms with van der Waals surface area (Å²) in [6, 6.07) is 7.48. The van der Waals surface area contributed by atoms with Crippen molar-refractivity contribution in [3.8, 4) is 0 Å². The summed E-state index contributed by atoms with van der Waals surface area (Å²) < 4.78 is 12.9. The van der Waals surface area contributed by atoms with Gasteiger partial charge in [0.25, 0.3) is 0 Å². The van der Waals surface area contributed by atoms with E-state index in [9.17, 15) is 4.39 Å². The molecule has 0 aromatic heterocycles. The van der Waals surface area contributed by atoms with Gasteiger partial charge in [0.2, 0.25) is 0 Å². The van der Waals surface area contributed by atoms with Crippen LogP contribution in [-0.4, -0.2) is 5.33 Å². The molecule has 60 valence electrons. The highest BCUT2D eigenvalue weighted by Crippen LogP contribution is 2.19. The van der Waals surface area contributed by atoms with Crippen LogP contribution in [0.2, 0.25) is 0 Å². The highest BCUT2D eigenvalue weighted by atomic mass is 79.9. The van der Waals surface area contributed by atoms with E-state index in [2.05, 4.69) is 15.9 Å². The number of rotatable bonds is 2. The molecule has 1 aromatic rings. The van der Waals surface area contributed by atoms with E-state index in [0.717, 1.165) is 11.1 Å².